The Bertz CT molecular complexity index is 393. The molecule has 5 heteroatoms. The Labute approximate surface area is 88.1 Å². The smallest absolute Gasteiger partial charge is 0.137 e. The van der Waals surface area contributed by atoms with Gasteiger partial charge in [0.25, 0.3) is 0 Å². The summed E-state index contributed by atoms with van der Waals surface area (Å²) >= 11 is 0. The van der Waals surface area contributed by atoms with Gasteiger partial charge < -0.3 is 9.73 Å². The third-order valence-electron chi connectivity index (χ3n) is 2.08. The van der Waals surface area contributed by atoms with Gasteiger partial charge in [-0.3, -0.25) is 4.68 Å². The van der Waals surface area contributed by atoms with Gasteiger partial charge in [0.15, 0.2) is 0 Å². The molecule has 0 spiro atoms. The zero-order chi connectivity index (χ0) is 10.5. The summed E-state index contributed by atoms with van der Waals surface area (Å²) in [4.78, 5) is 3.87. The summed E-state index contributed by atoms with van der Waals surface area (Å²) < 4.78 is 7.22. The third-order valence-corrected chi connectivity index (χ3v) is 2.08. The standard InChI is InChI=1S/C10H14N4O/c1-9-2-3-10(15-9)6-11-4-5-14-8-12-7-13-14/h2-3,7-8,11H,4-6H2,1H3. The van der Waals surface area contributed by atoms with Crippen molar-refractivity contribution in [2.45, 2.75) is 20.0 Å². The van der Waals surface area contributed by atoms with Gasteiger partial charge in [0.05, 0.1) is 13.1 Å². The fourth-order valence-electron chi connectivity index (χ4n) is 1.33. The van der Waals surface area contributed by atoms with E-state index in [1.165, 1.54) is 6.33 Å². The Morgan fingerprint density at radius 1 is 1.47 bits per heavy atom. The highest BCUT2D eigenvalue weighted by molar-refractivity contribution is 5.04. The van der Waals surface area contributed by atoms with Gasteiger partial charge in [0.2, 0.25) is 0 Å². The molecule has 15 heavy (non-hydrogen) atoms. The summed E-state index contributed by atoms with van der Waals surface area (Å²) in [5, 5.41) is 7.28. The van der Waals surface area contributed by atoms with Gasteiger partial charge in [-0.15, -0.1) is 0 Å². The maximum atomic E-state index is 5.42. The van der Waals surface area contributed by atoms with Crippen LogP contribution in [0.25, 0.3) is 0 Å². The minimum absolute atomic E-state index is 0.753. The van der Waals surface area contributed by atoms with Crippen molar-refractivity contribution in [2.24, 2.45) is 0 Å². The number of aryl methyl sites for hydroxylation is 1. The molecule has 80 valence electrons. The molecule has 0 unspecified atom stereocenters. The van der Waals surface area contributed by atoms with E-state index in [0.29, 0.717) is 0 Å². The van der Waals surface area contributed by atoms with Gasteiger partial charge in [-0.05, 0) is 19.1 Å². The van der Waals surface area contributed by atoms with Crippen LogP contribution in [-0.2, 0) is 13.1 Å². The van der Waals surface area contributed by atoms with E-state index in [0.717, 1.165) is 31.2 Å². The highest BCUT2D eigenvalue weighted by Crippen LogP contribution is 2.04. The van der Waals surface area contributed by atoms with Gasteiger partial charge in [-0.1, -0.05) is 0 Å². The van der Waals surface area contributed by atoms with Crippen LogP contribution in [0.5, 0.6) is 0 Å². The number of nitrogens with zero attached hydrogens (tertiary/aromatic N) is 3. The van der Waals surface area contributed by atoms with Crippen molar-refractivity contribution >= 4 is 0 Å². The van der Waals surface area contributed by atoms with Crippen LogP contribution in [0.2, 0.25) is 0 Å². The maximum absolute atomic E-state index is 5.42. The lowest BCUT2D eigenvalue weighted by atomic mass is 10.4. The highest BCUT2D eigenvalue weighted by atomic mass is 16.3. The van der Waals surface area contributed by atoms with Gasteiger partial charge in [0, 0.05) is 6.54 Å². The molecule has 0 aromatic carbocycles. The Hall–Kier alpha value is -1.62. The predicted octanol–water partition coefficient (Wildman–Crippen LogP) is 0.969. The number of rotatable bonds is 5. The minimum atomic E-state index is 0.753. The van der Waals surface area contributed by atoms with Crippen LogP contribution >= 0.6 is 0 Å². The number of nitrogens with one attached hydrogen (secondary N) is 1. The van der Waals surface area contributed by atoms with Crippen LogP contribution in [0.1, 0.15) is 11.5 Å². The minimum Gasteiger partial charge on any atom is -0.465 e. The molecule has 0 amide bonds. The fraction of sp³-hybridized carbons (Fsp3) is 0.400. The first kappa shape index (κ1) is 9.92. The lowest BCUT2D eigenvalue weighted by molar-refractivity contribution is 0.453. The molecule has 0 bridgehead atoms. The normalized spacial score (nSPS) is 10.7. The van der Waals surface area contributed by atoms with Crippen LogP contribution < -0.4 is 5.32 Å². The van der Waals surface area contributed by atoms with E-state index >= 15 is 0 Å². The Morgan fingerprint density at radius 3 is 3.07 bits per heavy atom. The molecule has 0 saturated carbocycles. The van der Waals surface area contributed by atoms with E-state index in [9.17, 15) is 0 Å². The van der Waals surface area contributed by atoms with E-state index < -0.39 is 0 Å². The van der Waals surface area contributed by atoms with E-state index in [-0.39, 0.29) is 0 Å². The second-order valence-electron chi connectivity index (χ2n) is 3.35. The van der Waals surface area contributed by atoms with Gasteiger partial charge in [-0.2, -0.15) is 5.10 Å². The van der Waals surface area contributed by atoms with E-state index in [2.05, 4.69) is 15.4 Å². The molecule has 2 rings (SSSR count). The van der Waals surface area contributed by atoms with Crippen molar-refractivity contribution in [2.75, 3.05) is 6.54 Å². The molecule has 2 aromatic heterocycles. The summed E-state index contributed by atoms with van der Waals surface area (Å²) in [6.45, 7) is 4.37. The molecule has 1 N–H and O–H groups in total. The van der Waals surface area contributed by atoms with Crippen LogP contribution in [-0.4, -0.2) is 21.3 Å². The molecule has 0 aliphatic rings. The summed E-state index contributed by atoms with van der Waals surface area (Å²) in [7, 11) is 0. The van der Waals surface area contributed by atoms with Crippen LogP contribution in [0.4, 0.5) is 0 Å². The molecule has 5 nitrogen and oxygen atoms in total. The lowest BCUT2D eigenvalue weighted by Gasteiger charge is -2.02. The largest absolute Gasteiger partial charge is 0.465 e. The van der Waals surface area contributed by atoms with Crippen LogP contribution in [0.15, 0.2) is 29.2 Å². The quantitative estimate of drug-likeness (QED) is 0.740. The molecule has 0 atom stereocenters. The first-order valence-corrected chi connectivity index (χ1v) is 4.93. The molecular weight excluding hydrogens is 192 g/mol. The van der Waals surface area contributed by atoms with Crippen molar-refractivity contribution in [1.29, 1.82) is 0 Å². The fourth-order valence-corrected chi connectivity index (χ4v) is 1.33. The monoisotopic (exact) mass is 206 g/mol. The number of hydrogen-bond acceptors (Lipinski definition) is 4. The Kier molecular flexibility index (Phi) is 3.14. The number of hydrogen-bond donors (Lipinski definition) is 1. The zero-order valence-corrected chi connectivity index (χ0v) is 8.68. The van der Waals surface area contributed by atoms with Crippen molar-refractivity contribution in [3.05, 3.63) is 36.3 Å². The van der Waals surface area contributed by atoms with Crippen molar-refractivity contribution < 1.29 is 4.42 Å². The van der Waals surface area contributed by atoms with E-state index in [1.807, 2.05) is 19.1 Å². The van der Waals surface area contributed by atoms with Gasteiger partial charge in [-0.25, -0.2) is 4.98 Å². The van der Waals surface area contributed by atoms with Crippen molar-refractivity contribution in [1.82, 2.24) is 20.1 Å². The number of aromatic nitrogens is 3. The average molecular weight is 206 g/mol. The summed E-state index contributed by atoms with van der Waals surface area (Å²) in [6, 6.07) is 3.95. The summed E-state index contributed by atoms with van der Waals surface area (Å²) in [6.07, 6.45) is 3.24. The van der Waals surface area contributed by atoms with Crippen molar-refractivity contribution in [3.8, 4) is 0 Å². The second kappa shape index (κ2) is 4.75. The Morgan fingerprint density at radius 2 is 2.40 bits per heavy atom. The summed E-state index contributed by atoms with van der Waals surface area (Å²) in [5.74, 6) is 1.91. The van der Waals surface area contributed by atoms with Crippen LogP contribution in [0, 0.1) is 6.92 Å². The molecule has 0 saturated heterocycles. The molecule has 2 heterocycles. The third kappa shape index (κ3) is 2.92. The summed E-state index contributed by atoms with van der Waals surface area (Å²) in [5.41, 5.74) is 0. The molecule has 0 aliphatic heterocycles. The van der Waals surface area contributed by atoms with Gasteiger partial charge in [0.1, 0.15) is 24.2 Å². The molecular formula is C10H14N4O. The highest BCUT2D eigenvalue weighted by Gasteiger charge is 1.97. The first-order chi connectivity index (χ1) is 7.34. The Balaban J connectivity index is 1.67. The maximum Gasteiger partial charge on any atom is 0.137 e. The van der Waals surface area contributed by atoms with Crippen molar-refractivity contribution in [3.63, 3.8) is 0 Å². The molecule has 2 aromatic rings. The van der Waals surface area contributed by atoms with E-state index in [1.54, 1.807) is 11.0 Å². The average Bonchev–Trinajstić information content (AvgIpc) is 2.84. The zero-order valence-electron chi connectivity index (χ0n) is 8.68. The SMILES string of the molecule is Cc1ccc(CNCCn2cncn2)o1. The molecule has 0 radical (unpaired) electrons. The predicted molar refractivity (Wildman–Crippen MR) is 55.2 cm³/mol. The van der Waals surface area contributed by atoms with Crippen LogP contribution in [0.3, 0.4) is 0 Å². The second-order valence-corrected chi connectivity index (χ2v) is 3.35. The molecule has 0 aliphatic carbocycles. The first-order valence-electron chi connectivity index (χ1n) is 4.93. The number of furan rings is 1. The van der Waals surface area contributed by atoms with E-state index in [4.69, 9.17) is 4.42 Å². The van der Waals surface area contributed by atoms with Gasteiger partial charge >= 0.3 is 0 Å². The topological polar surface area (TPSA) is 55.9 Å². The lowest BCUT2D eigenvalue weighted by Crippen LogP contribution is -2.19. The molecule has 0 fully saturated rings.